The molecule has 1 unspecified atom stereocenters. The maximum absolute atomic E-state index is 5.51. The summed E-state index contributed by atoms with van der Waals surface area (Å²) in [5, 5.41) is 8.76. The first-order valence-corrected chi connectivity index (χ1v) is 8.61. The van der Waals surface area contributed by atoms with Gasteiger partial charge < -0.3 is 15.1 Å². The third kappa shape index (κ3) is 3.61. The molecule has 0 saturated carbocycles. The van der Waals surface area contributed by atoms with E-state index in [0.717, 1.165) is 56.1 Å². The van der Waals surface area contributed by atoms with E-state index < -0.39 is 0 Å². The maximum Gasteiger partial charge on any atom is 0.189 e. The lowest BCUT2D eigenvalue weighted by molar-refractivity contribution is 0.284. The second-order valence-electron chi connectivity index (χ2n) is 6.02. The summed E-state index contributed by atoms with van der Waals surface area (Å²) in [5.74, 6) is 0. The zero-order valence-corrected chi connectivity index (χ0v) is 14.6. The van der Waals surface area contributed by atoms with Crippen molar-refractivity contribution >= 4 is 28.7 Å². The van der Waals surface area contributed by atoms with Crippen LogP contribution >= 0.6 is 12.2 Å². The summed E-state index contributed by atoms with van der Waals surface area (Å²) < 4.78 is 0. The molecule has 0 spiro atoms. The average Bonchev–Trinajstić information content (AvgIpc) is 2.61. The molecule has 1 saturated heterocycles. The van der Waals surface area contributed by atoms with Gasteiger partial charge in [-0.05, 0) is 30.8 Å². The molecule has 0 aliphatic carbocycles. The molecule has 0 radical (unpaired) electrons. The number of pyridine rings is 1. The zero-order chi connectivity index (χ0) is 16.2. The zero-order valence-electron chi connectivity index (χ0n) is 13.7. The Hall–Kier alpha value is -1.73. The smallest absolute Gasteiger partial charge is 0.189 e. The van der Waals surface area contributed by atoms with E-state index in [9.17, 15) is 0 Å². The third-order valence-electron chi connectivity index (χ3n) is 4.48. The Morgan fingerprint density at radius 2 is 2.39 bits per heavy atom. The lowest BCUT2D eigenvalue weighted by Gasteiger charge is -2.34. The maximum atomic E-state index is 5.51. The van der Waals surface area contributed by atoms with Gasteiger partial charge in [-0.25, -0.2) is 0 Å². The highest BCUT2D eigenvalue weighted by Crippen LogP contribution is 2.23. The number of nitrogens with zero attached hydrogens (tertiary/aromatic N) is 4. The van der Waals surface area contributed by atoms with Gasteiger partial charge in [0.2, 0.25) is 0 Å². The average molecular weight is 332 g/mol. The molecule has 1 fully saturated rings. The van der Waals surface area contributed by atoms with Gasteiger partial charge in [-0.2, -0.15) is 5.10 Å². The summed E-state index contributed by atoms with van der Waals surface area (Å²) >= 11 is 5.51. The van der Waals surface area contributed by atoms with Crippen LogP contribution < -0.4 is 15.6 Å². The van der Waals surface area contributed by atoms with Crippen molar-refractivity contribution in [1.29, 1.82) is 0 Å². The van der Waals surface area contributed by atoms with Gasteiger partial charge in [0, 0.05) is 51.9 Å². The molecule has 0 aromatic carbocycles. The SMILES string of the molecule is CCC1CN(C(=S)N/N=C2/CCN(C)c3cccnc32)CCN1. The number of anilines is 1. The number of fused-ring (bicyclic) bond motifs is 1. The Bertz CT molecular complexity index is 602. The molecular formula is C16H24N6S. The van der Waals surface area contributed by atoms with Crippen LogP contribution in [0.5, 0.6) is 0 Å². The monoisotopic (exact) mass is 332 g/mol. The van der Waals surface area contributed by atoms with Crippen molar-refractivity contribution < 1.29 is 0 Å². The lowest BCUT2D eigenvalue weighted by atomic mass is 10.1. The number of nitrogens with one attached hydrogen (secondary N) is 2. The van der Waals surface area contributed by atoms with E-state index >= 15 is 0 Å². The number of aromatic nitrogens is 1. The molecule has 2 aliphatic rings. The van der Waals surface area contributed by atoms with Crippen LogP contribution in [0.15, 0.2) is 23.4 Å². The molecule has 6 nitrogen and oxygen atoms in total. The van der Waals surface area contributed by atoms with Crippen molar-refractivity contribution in [2.24, 2.45) is 5.10 Å². The van der Waals surface area contributed by atoms with Crippen LogP contribution in [0.1, 0.15) is 25.5 Å². The summed E-state index contributed by atoms with van der Waals surface area (Å²) in [5.41, 5.74) is 6.13. The van der Waals surface area contributed by atoms with Crippen molar-refractivity contribution in [3.8, 4) is 0 Å². The van der Waals surface area contributed by atoms with Crippen LogP contribution in [-0.4, -0.2) is 60.0 Å². The largest absolute Gasteiger partial charge is 0.372 e. The third-order valence-corrected chi connectivity index (χ3v) is 4.83. The Labute approximate surface area is 142 Å². The Balaban J connectivity index is 1.68. The standard InChI is InChI=1S/C16H24N6S/c1-3-12-11-22(10-8-17-12)16(23)20-19-13-6-9-21(2)14-5-4-7-18-15(13)14/h4-5,7,12,17H,3,6,8-11H2,1-2H3,(H,20,23)/b19-13-. The van der Waals surface area contributed by atoms with E-state index in [4.69, 9.17) is 12.2 Å². The first-order valence-electron chi connectivity index (χ1n) is 8.20. The molecule has 2 N–H and O–H groups in total. The number of hydrazone groups is 1. The molecule has 3 rings (SSSR count). The highest BCUT2D eigenvalue weighted by Gasteiger charge is 2.22. The Morgan fingerprint density at radius 1 is 1.52 bits per heavy atom. The van der Waals surface area contributed by atoms with Crippen LogP contribution in [0.3, 0.4) is 0 Å². The second kappa shape index (κ2) is 7.23. The van der Waals surface area contributed by atoms with Crippen LogP contribution in [0.25, 0.3) is 0 Å². The first-order chi connectivity index (χ1) is 11.2. The summed E-state index contributed by atoms with van der Waals surface area (Å²) in [6.07, 6.45) is 3.79. The van der Waals surface area contributed by atoms with Gasteiger partial charge in [0.05, 0.1) is 11.4 Å². The van der Waals surface area contributed by atoms with Gasteiger partial charge >= 0.3 is 0 Å². The molecular weight excluding hydrogens is 308 g/mol. The first kappa shape index (κ1) is 16.1. The van der Waals surface area contributed by atoms with E-state index in [-0.39, 0.29) is 0 Å². The van der Waals surface area contributed by atoms with Gasteiger partial charge in [-0.15, -0.1) is 0 Å². The summed E-state index contributed by atoms with van der Waals surface area (Å²) in [6.45, 7) is 5.96. The van der Waals surface area contributed by atoms with Gasteiger partial charge in [0.15, 0.2) is 5.11 Å². The minimum Gasteiger partial charge on any atom is -0.372 e. The Morgan fingerprint density at radius 3 is 3.22 bits per heavy atom. The molecule has 3 heterocycles. The van der Waals surface area contributed by atoms with Gasteiger partial charge in [0.25, 0.3) is 0 Å². The van der Waals surface area contributed by atoms with E-state index in [1.54, 1.807) is 0 Å². The van der Waals surface area contributed by atoms with Crippen LogP contribution in [0.4, 0.5) is 5.69 Å². The topological polar surface area (TPSA) is 55.8 Å². The minimum atomic E-state index is 0.502. The fourth-order valence-corrected chi connectivity index (χ4v) is 3.23. The summed E-state index contributed by atoms with van der Waals surface area (Å²) in [7, 11) is 2.08. The molecule has 23 heavy (non-hydrogen) atoms. The van der Waals surface area contributed by atoms with Crippen molar-refractivity contribution in [1.82, 2.24) is 20.6 Å². The van der Waals surface area contributed by atoms with Gasteiger partial charge in [-0.1, -0.05) is 6.92 Å². The fourth-order valence-electron chi connectivity index (χ4n) is 3.02. The number of rotatable bonds is 2. The van der Waals surface area contributed by atoms with Gasteiger partial charge in [-0.3, -0.25) is 10.4 Å². The highest BCUT2D eigenvalue weighted by molar-refractivity contribution is 7.80. The minimum absolute atomic E-state index is 0.502. The Kier molecular flexibility index (Phi) is 5.07. The molecule has 2 aliphatic heterocycles. The van der Waals surface area contributed by atoms with Crippen molar-refractivity contribution in [2.45, 2.75) is 25.8 Å². The van der Waals surface area contributed by atoms with E-state index in [1.807, 2.05) is 12.3 Å². The van der Waals surface area contributed by atoms with Crippen LogP contribution in [0, 0.1) is 0 Å². The molecule has 7 heteroatoms. The quantitative estimate of drug-likeness (QED) is 0.627. The number of hydrogen-bond acceptors (Lipinski definition) is 5. The number of piperazine rings is 1. The molecule has 0 bridgehead atoms. The molecule has 124 valence electrons. The molecule has 1 aromatic heterocycles. The predicted octanol–water partition coefficient (Wildman–Crippen LogP) is 1.18. The number of thiocarbonyl (C=S) groups is 1. The van der Waals surface area contributed by atoms with E-state index in [0.29, 0.717) is 11.2 Å². The lowest BCUT2D eigenvalue weighted by Crippen LogP contribution is -2.54. The normalized spacial score (nSPS) is 22.9. The summed E-state index contributed by atoms with van der Waals surface area (Å²) in [4.78, 5) is 8.89. The molecule has 1 aromatic rings. The van der Waals surface area contributed by atoms with Crippen LogP contribution in [0.2, 0.25) is 0 Å². The highest BCUT2D eigenvalue weighted by atomic mass is 32.1. The number of hydrogen-bond donors (Lipinski definition) is 2. The van der Waals surface area contributed by atoms with Crippen molar-refractivity contribution in [2.75, 3.05) is 38.1 Å². The fraction of sp³-hybridized carbons (Fsp3) is 0.562. The molecule has 0 amide bonds. The van der Waals surface area contributed by atoms with Crippen molar-refractivity contribution in [3.05, 3.63) is 24.0 Å². The van der Waals surface area contributed by atoms with Crippen LogP contribution in [-0.2, 0) is 0 Å². The summed E-state index contributed by atoms with van der Waals surface area (Å²) in [6, 6.07) is 4.54. The van der Waals surface area contributed by atoms with Gasteiger partial charge in [0.1, 0.15) is 5.69 Å². The van der Waals surface area contributed by atoms with E-state index in [2.05, 4.69) is 50.7 Å². The second-order valence-corrected chi connectivity index (χ2v) is 6.41. The predicted molar refractivity (Wildman–Crippen MR) is 98.0 cm³/mol. The molecule has 1 atom stereocenters. The van der Waals surface area contributed by atoms with Crippen molar-refractivity contribution in [3.63, 3.8) is 0 Å². The van der Waals surface area contributed by atoms with E-state index in [1.165, 1.54) is 0 Å².